The van der Waals surface area contributed by atoms with Crippen molar-refractivity contribution < 1.29 is 0 Å². The van der Waals surface area contributed by atoms with Gasteiger partial charge in [-0.2, -0.15) is 5.10 Å². The average Bonchev–Trinajstić information content (AvgIpc) is 2.42. The van der Waals surface area contributed by atoms with Crippen LogP contribution in [-0.4, -0.2) is 36.5 Å². The van der Waals surface area contributed by atoms with Crippen LogP contribution in [0.25, 0.3) is 0 Å². The van der Waals surface area contributed by atoms with Crippen LogP contribution in [0.1, 0.15) is 32.7 Å². The topological polar surface area (TPSA) is 50.2 Å². The standard InChI is InChI=1S/C14H23ClN4O/c1-10(2)19-14(20)13(15)12(8-17-19)18-6-4-5-11(9-18)7-16-3/h8,10-11,16H,4-7,9H2,1-3H3. The highest BCUT2D eigenvalue weighted by atomic mass is 35.5. The van der Waals surface area contributed by atoms with E-state index in [1.807, 2.05) is 20.9 Å². The van der Waals surface area contributed by atoms with E-state index in [4.69, 9.17) is 11.6 Å². The Balaban J connectivity index is 2.25. The van der Waals surface area contributed by atoms with E-state index in [0.717, 1.165) is 31.7 Å². The zero-order valence-electron chi connectivity index (χ0n) is 12.4. The third-order valence-corrected chi connectivity index (χ3v) is 4.12. The Morgan fingerprint density at radius 3 is 2.95 bits per heavy atom. The number of hydrogen-bond donors (Lipinski definition) is 1. The van der Waals surface area contributed by atoms with Crippen LogP contribution < -0.4 is 15.8 Å². The van der Waals surface area contributed by atoms with Crippen LogP contribution in [0.5, 0.6) is 0 Å². The van der Waals surface area contributed by atoms with Crippen molar-refractivity contribution in [3.8, 4) is 0 Å². The molecular weight excluding hydrogens is 276 g/mol. The monoisotopic (exact) mass is 298 g/mol. The van der Waals surface area contributed by atoms with E-state index in [1.165, 1.54) is 11.1 Å². The van der Waals surface area contributed by atoms with Gasteiger partial charge in [0.15, 0.2) is 0 Å². The first kappa shape index (κ1) is 15.3. The molecule has 0 spiro atoms. The predicted octanol–water partition coefficient (Wildman–Crippen LogP) is 1.91. The number of halogens is 1. The van der Waals surface area contributed by atoms with Crippen LogP contribution in [0.4, 0.5) is 5.69 Å². The molecule has 1 atom stereocenters. The lowest BCUT2D eigenvalue weighted by Gasteiger charge is -2.34. The molecule has 1 N–H and O–H groups in total. The van der Waals surface area contributed by atoms with Gasteiger partial charge in [-0.1, -0.05) is 11.6 Å². The normalized spacial score (nSPS) is 19.6. The number of hydrogen-bond acceptors (Lipinski definition) is 4. The molecule has 1 aromatic heterocycles. The minimum atomic E-state index is -0.199. The van der Waals surface area contributed by atoms with Gasteiger partial charge in [0.1, 0.15) is 5.02 Å². The van der Waals surface area contributed by atoms with E-state index in [1.54, 1.807) is 6.20 Å². The summed E-state index contributed by atoms with van der Waals surface area (Å²) in [6.07, 6.45) is 4.06. The minimum absolute atomic E-state index is 0.0208. The van der Waals surface area contributed by atoms with Gasteiger partial charge in [0, 0.05) is 13.1 Å². The molecule has 0 saturated carbocycles. The first-order chi connectivity index (χ1) is 9.54. The van der Waals surface area contributed by atoms with Crippen LogP contribution in [0.15, 0.2) is 11.0 Å². The van der Waals surface area contributed by atoms with Gasteiger partial charge in [0.25, 0.3) is 5.56 Å². The summed E-state index contributed by atoms with van der Waals surface area (Å²) in [6.45, 7) is 6.70. The molecule has 2 heterocycles. The molecule has 1 aliphatic rings. The highest BCUT2D eigenvalue weighted by Crippen LogP contribution is 2.26. The number of anilines is 1. The maximum Gasteiger partial charge on any atom is 0.287 e. The van der Waals surface area contributed by atoms with Crippen molar-refractivity contribution in [1.82, 2.24) is 15.1 Å². The lowest BCUT2D eigenvalue weighted by Crippen LogP contribution is -2.40. The molecule has 0 radical (unpaired) electrons. The summed E-state index contributed by atoms with van der Waals surface area (Å²) in [5.74, 6) is 0.595. The molecule has 0 aliphatic carbocycles. The molecule has 1 aliphatic heterocycles. The predicted molar refractivity (Wildman–Crippen MR) is 82.8 cm³/mol. The Labute approximate surface area is 124 Å². The second-order valence-corrected chi connectivity index (χ2v) is 6.08. The summed E-state index contributed by atoms with van der Waals surface area (Å²) >= 11 is 6.27. The van der Waals surface area contributed by atoms with Crippen molar-refractivity contribution in [3.05, 3.63) is 21.6 Å². The Bertz CT molecular complexity index is 512. The summed E-state index contributed by atoms with van der Waals surface area (Å²) in [7, 11) is 1.97. The molecule has 1 fully saturated rings. The minimum Gasteiger partial charge on any atom is -0.369 e. The molecule has 5 nitrogen and oxygen atoms in total. The van der Waals surface area contributed by atoms with Crippen LogP contribution >= 0.6 is 11.6 Å². The second-order valence-electron chi connectivity index (χ2n) is 5.70. The van der Waals surface area contributed by atoms with Gasteiger partial charge < -0.3 is 10.2 Å². The Morgan fingerprint density at radius 2 is 2.30 bits per heavy atom. The van der Waals surface area contributed by atoms with Gasteiger partial charge in [-0.15, -0.1) is 0 Å². The van der Waals surface area contributed by atoms with Gasteiger partial charge in [0.2, 0.25) is 0 Å². The fraction of sp³-hybridized carbons (Fsp3) is 0.714. The molecule has 0 amide bonds. The highest BCUT2D eigenvalue weighted by molar-refractivity contribution is 6.33. The molecule has 2 rings (SSSR count). The number of rotatable bonds is 4. The fourth-order valence-electron chi connectivity index (χ4n) is 2.76. The highest BCUT2D eigenvalue weighted by Gasteiger charge is 2.23. The average molecular weight is 299 g/mol. The maximum atomic E-state index is 12.2. The van der Waals surface area contributed by atoms with E-state index >= 15 is 0 Å². The summed E-state index contributed by atoms with van der Waals surface area (Å²) in [6, 6.07) is 0.0208. The van der Waals surface area contributed by atoms with Gasteiger partial charge in [0.05, 0.1) is 17.9 Å². The molecular formula is C14H23ClN4O. The molecule has 1 unspecified atom stereocenters. The van der Waals surface area contributed by atoms with E-state index in [-0.39, 0.29) is 11.6 Å². The summed E-state index contributed by atoms with van der Waals surface area (Å²) in [4.78, 5) is 14.4. The van der Waals surface area contributed by atoms with Crippen molar-refractivity contribution >= 4 is 17.3 Å². The van der Waals surface area contributed by atoms with Gasteiger partial charge >= 0.3 is 0 Å². The molecule has 112 valence electrons. The van der Waals surface area contributed by atoms with Crippen molar-refractivity contribution in [3.63, 3.8) is 0 Å². The third kappa shape index (κ3) is 3.15. The lowest BCUT2D eigenvalue weighted by atomic mass is 9.98. The zero-order chi connectivity index (χ0) is 14.7. The van der Waals surface area contributed by atoms with E-state index < -0.39 is 0 Å². The number of aromatic nitrogens is 2. The van der Waals surface area contributed by atoms with Gasteiger partial charge in [-0.05, 0) is 46.2 Å². The first-order valence-electron chi connectivity index (χ1n) is 7.21. The van der Waals surface area contributed by atoms with Crippen LogP contribution in [-0.2, 0) is 0 Å². The summed E-state index contributed by atoms with van der Waals surface area (Å²) in [5, 5.41) is 7.76. The van der Waals surface area contributed by atoms with Crippen molar-refractivity contribution in [2.75, 3.05) is 31.6 Å². The summed E-state index contributed by atoms with van der Waals surface area (Å²) in [5.41, 5.74) is 0.573. The van der Waals surface area contributed by atoms with E-state index in [0.29, 0.717) is 10.9 Å². The Morgan fingerprint density at radius 1 is 1.55 bits per heavy atom. The van der Waals surface area contributed by atoms with Crippen molar-refractivity contribution in [1.29, 1.82) is 0 Å². The molecule has 20 heavy (non-hydrogen) atoms. The van der Waals surface area contributed by atoms with Crippen LogP contribution in [0.2, 0.25) is 5.02 Å². The first-order valence-corrected chi connectivity index (χ1v) is 7.59. The molecule has 1 aromatic rings. The maximum absolute atomic E-state index is 12.2. The summed E-state index contributed by atoms with van der Waals surface area (Å²) < 4.78 is 1.43. The van der Waals surface area contributed by atoms with Gasteiger partial charge in [-0.3, -0.25) is 4.79 Å². The lowest BCUT2D eigenvalue weighted by molar-refractivity contribution is 0.401. The quantitative estimate of drug-likeness (QED) is 0.922. The van der Waals surface area contributed by atoms with Crippen molar-refractivity contribution in [2.24, 2.45) is 5.92 Å². The third-order valence-electron chi connectivity index (χ3n) is 3.77. The number of nitrogens with one attached hydrogen (secondary N) is 1. The molecule has 6 heteroatoms. The SMILES string of the molecule is CNCC1CCCN(c2cnn(C(C)C)c(=O)c2Cl)C1. The zero-order valence-corrected chi connectivity index (χ0v) is 13.2. The fourth-order valence-corrected chi connectivity index (χ4v) is 3.02. The largest absolute Gasteiger partial charge is 0.369 e. The number of nitrogens with zero attached hydrogens (tertiary/aromatic N) is 3. The van der Waals surface area contributed by atoms with E-state index in [9.17, 15) is 4.79 Å². The van der Waals surface area contributed by atoms with E-state index in [2.05, 4.69) is 15.3 Å². The van der Waals surface area contributed by atoms with Crippen LogP contribution in [0, 0.1) is 5.92 Å². The molecule has 1 saturated heterocycles. The van der Waals surface area contributed by atoms with Crippen molar-refractivity contribution in [2.45, 2.75) is 32.7 Å². The molecule has 0 aromatic carbocycles. The van der Waals surface area contributed by atoms with Gasteiger partial charge in [-0.25, -0.2) is 4.68 Å². The number of piperidine rings is 1. The second kappa shape index (κ2) is 6.59. The Kier molecular flexibility index (Phi) is 5.05. The molecule has 0 bridgehead atoms. The van der Waals surface area contributed by atoms with Crippen LogP contribution in [0.3, 0.4) is 0 Å². The Hall–Kier alpha value is -1.07. The smallest absolute Gasteiger partial charge is 0.287 e.